The minimum absolute atomic E-state index is 0.0869. The molecule has 4 heteroatoms. The SMILES string of the molecule is O=C1CCNc2cc3c(cc21)OCCC3=O. The second-order valence-electron chi connectivity index (χ2n) is 4.02. The molecule has 82 valence electrons. The zero-order chi connectivity index (χ0) is 11.1. The van der Waals surface area contributed by atoms with Crippen molar-refractivity contribution >= 4 is 17.3 Å². The summed E-state index contributed by atoms with van der Waals surface area (Å²) in [4.78, 5) is 23.3. The molecule has 0 aromatic heterocycles. The van der Waals surface area contributed by atoms with Crippen LogP contribution in [0.1, 0.15) is 33.6 Å². The molecule has 2 heterocycles. The van der Waals surface area contributed by atoms with Crippen LogP contribution >= 0.6 is 0 Å². The molecule has 0 amide bonds. The molecule has 0 saturated heterocycles. The lowest BCUT2D eigenvalue weighted by atomic mass is 9.96. The van der Waals surface area contributed by atoms with Gasteiger partial charge in [0.2, 0.25) is 0 Å². The summed E-state index contributed by atoms with van der Waals surface area (Å²) in [5, 5.41) is 3.14. The summed E-state index contributed by atoms with van der Waals surface area (Å²) in [5.41, 5.74) is 1.99. The summed E-state index contributed by atoms with van der Waals surface area (Å²) in [5.74, 6) is 0.745. The van der Waals surface area contributed by atoms with Crippen LogP contribution in [0.4, 0.5) is 5.69 Å². The van der Waals surface area contributed by atoms with Gasteiger partial charge in [-0.15, -0.1) is 0 Å². The molecular formula is C12H11NO3. The van der Waals surface area contributed by atoms with E-state index in [9.17, 15) is 9.59 Å². The molecule has 3 rings (SSSR count). The van der Waals surface area contributed by atoms with Crippen LogP contribution < -0.4 is 10.1 Å². The molecule has 0 unspecified atom stereocenters. The van der Waals surface area contributed by atoms with Gasteiger partial charge in [-0.3, -0.25) is 9.59 Å². The first kappa shape index (κ1) is 9.39. The van der Waals surface area contributed by atoms with Crippen LogP contribution in [0.25, 0.3) is 0 Å². The van der Waals surface area contributed by atoms with Crippen molar-refractivity contribution in [1.82, 2.24) is 0 Å². The van der Waals surface area contributed by atoms with Crippen LogP contribution in [0.2, 0.25) is 0 Å². The number of hydrogen-bond acceptors (Lipinski definition) is 4. The van der Waals surface area contributed by atoms with Gasteiger partial charge >= 0.3 is 0 Å². The number of ether oxygens (including phenoxy) is 1. The molecule has 0 bridgehead atoms. The first-order chi connectivity index (χ1) is 7.75. The quantitative estimate of drug-likeness (QED) is 0.717. The summed E-state index contributed by atoms with van der Waals surface area (Å²) >= 11 is 0. The topological polar surface area (TPSA) is 55.4 Å². The van der Waals surface area contributed by atoms with Gasteiger partial charge in [0.25, 0.3) is 0 Å². The standard InChI is InChI=1S/C12H11NO3/c14-10-1-3-13-9-5-8-11(15)2-4-16-12(8)6-7(9)10/h5-6,13H,1-4H2. The number of ketones is 2. The third kappa shape index (κ3) is 1.30. The lowest BCUT2D eigenvalue weighted by Crippen LogP contribution is -2.21. The fourth-order valence-electron chi connectivity index (χ4n) is 2.13. The molecule has 1 aromatic rings. The van der Waals surface area contributed by atoms with Gasteiger partial charge in [-0.25, -0.2) is 0 Å². The Balaban J connectivity index is 2.17. The summed E-state index contributed by atoms with van der Waals surface area (Å²) < 4.78 is 5.41. The third-order valence-corrected chi connectivity index (χ3v) is 2.97. The van der Waals surface area contributed by atoms with Gasteiger partial charge < -0.3 is 10.1 Å². The average molecular weight is 217 g/mol. The highest BCUT2D eigenvalue weighted by molar-refractivity contribution is 6.07. The molecule has 0 saturated carbocycles. The number of fused-ring (bicyclic) bond motifs is 2. The fraction of sp³-hybridized carbons (Fsp3) is 0.333. The Morgan fingerprint density at radius 3 is 2.75 bits per heavy atom. The van der Waals surface area contributed by atoms with E-state index in [2.05, 4.69) is 5.32 Å². The van der Waals surface area contributed by atoms with Crippen molar-refractivity contribution in [2.45, 2.75) is 12.8 Å². The van der Waals surface area contributed by atoms with Crippen LogP contribution in [0.15, 0.2) is 12.1 Å². The van der Waals surface area contributed by atoms with Crippen LogP contribution in [0.3, 0.4) is 0 Å². The summed E-state index contributed by atoms with van der Waals surface area (Å²) in [6.07, 6.45) is 0.916. The van der Waals surface area contributed by atoms with E-state index in [1.165, 1.54) is 0 Å². The highest BCUT2D eigenvalue weighted by atomic mass is 16.5. The van der Waals surface area contributed by atoms with E-state index in [0.717, 1.165) is 5.69 Å². The molecule has 0 fully saturated rings. The number of benzene rings is 1. The lowest BCUT2D eigenvalue weighted by molar-refractivity contribution is 0.0928. The van der Waals surface area contributed by atoms with Gasteiger partial charge in [0, 0.05) is 30.6 Å². The number of rotatable bonds is 0. The molecule has 0 spiro atoms. The number of Topliss-reactive ketones (excluding diaryl/α,β-unsaturated/α-hetero) is 2. The molecule has 1 N–H and O–H groups in total. The fourth-order valence-corrected chi connectivity index (χ4v) is 2.13. The zero-order valence-electron chi connectivity index (χ0n) is 8.71. The van der Waals surface area contributed by atoms with Crippen LogP contribution in [0, 0.1) is 0 Å². The molecule has 0 radical (unpaired) electrons. The van der Waals surface area contributed by atoms with E-state index in [1.807, 2.05) is 0 Å². The van der Waals surface area contributed by atoms with E-state index in [4.69, 9.17) is 4.74 Å². The predicted molar refractivity (Wildman–Crippen MR) is 58.3 cm³/mol. The minimum Gasteiger partial charge on any atom is -0.492 e. The number of anilines is 1. The van der Waals surface area contributed by atoms with Crippen molar-refractivity contribution < 1.29 is 14.3 Å². The van der Waals surface area contributed by atoms with Crippen molar-refractivity contribution in [2.24, 2.45) is 0 Å². The van der Waals surface area contributed by atoms with E-state index in [0.29, 0.717) is 42.9 Å². The molecule has 1 aromatic carbocycles. The van der Waals surface area contributed by atoms with Gasteiger partial charge in [0.1, 0.15) is 5.75 Å². The van der Waals surface area contributed by atoms with E-state index < -0.39 is 0 Å². The molecule has 16 heavy (non-hydrogen) atoms. The zero-order valence-corrected chi connectivity index (χ0v) is 8.71. The van der Waals surface area contributed by atoms with Gasteiger partial charge in [0.15, 0.2) is 11.6 Å². The maximum Gasteiger partial charge on any atom is 0.170 e. The van der Waals surface area contributed by atoms with Gasteiger partial charge in [-0.05, 0) is 12.1 Å². The molecular weight excluding hydrogens is 206 g/mol. The van der Waals surface area contributed by atoms with Gasteiger partial charge in [-0.1, -0.05) is 0 Å². The Morgan fingerprint density at radius 1 is 1.06 bits per heavy atom. The van der Waals surface area contributed by atoms with Crippen LogP contribution in [-0.4, -0.2) is 24.7 Å². The first-order valence-electron chi connectivity index (χ1n) is 5.37. The number of carbonyl (C=O) groups is 2. The largest absolute Gasteiger partial charge is 0.492 e. The number of nitrogens with one attached hydrogen (secondary N) is 1. The van der Waals surface area contributed by atoms with Crippen molar-refractivity contribution in [3.05, 3.63) is 23.3 Å². The summed E-state index contributed by atoms with van der Waals surface area (Å²) in [7, 11) is 0. The maximum atomic E-state index is 11.7. The molecule has 0 aliphatic carbocycles. The van der Waals surface area contributed by atoms with Gasteiger partial charge in [-0.2, -0.15) is 0 Å². The third-order valence-electron chi connectivity index (χ3n) is 2.97. The minimum atomic E-state index is 0.0869. The highest BCUT2D eigenvalue weighted by Gasteiger charge is 2.24. The highest BCUT2D eigenvalue weighted by Crippen LogP contribution is 2.33. The Bertz CT molecular complexity index is 448. The number of carbonyl (C=O) groups excluding carboxylic acids is 2. The molecule has 0 atom stereocenters. The van der Waals surface area contributed by atoms with E-state index in [1.54, 1.807) is 12.1 Å². The maximum absolute atomic E-state index is 11.7. The second-order valence-corrected chi connectivity index (χ2v) is 4.02. The van der Waals surface area contributed by atoms with Crippen LogP contribution in [-0.2, 0) is 0 Å². The summed E-state index contributed by atoms with van der Waals surface area (Å²) in [6.45, 7) is 1.05. The second kappa shape index (κ2) is 3.33. The molecule has 4 nitrogen and oxygen atoms in total. The van der Waals surface area contributed by atoms with E-state index >= 15 is 0 Å². The van der Waals surface area contributed by atoms with Crippen molar-refractivity contribution in [3.63, 3.8) is 0 Å². The average Bonchev–Trinajstić information content (AvgIpc) is 2.29. The Labute approximate surface area is 92.6 Å². The van der Waals surface area contributed by atoms with Gasteiger partial charge in [0.05, 0.1) is 12.2 Å². The molecule has 2 aliphatic rings. The predicted octanol–water partition coefficient (Wildman–Crippen LogP) is 1.65. The monoisotopic (exact) mass is 217 g/mol. The van der Waals surface area contributed by atoms with Crippen molar-refractivity contribution in [1.29, 1.82) is 0 Å². The first-order valence-corrected chi connectivity index (χ1v) is 5.37. The van der Waals surface area contributed by atoms with Crippen LogP contribution in [0.5, 0.6) is 5.75 Å². The van der Waals surface area contributed by atoms with Crippen molar-refractivity contribution in [3.8, 4) is 5.75 Å². The number of hydrogen-bond donors (Lipinski definition) is 1. The Kier molecular flexibility index (Phi) is 1.96. The Hall–Kier alpha value is -1.84. The van der Waals surface area contributed by atoms with Crippen molar-refractivity contribution in [2.75, 3.05) is 18.5 Å². The molecule has 2 aliphatic heterocycles. The normalized spacial score (nSPS) is 18.2. The smallest absolute Gasteiger partial charge is 0.170 e. The van der Waals surface area contributed by atoms with E-state index in [-0.39, 0.29) is 11.6 Å². The summed E-state index contributed by atoms with van der Waals surface area (Å²) in [6, 6.07) is 3.43. The lowest BCUT2D eigenvalue weighted by Gasteiger charge is -2.22. The Morgan fingerprint density at radius 2 is 1.88 bits per heavy atom.